The van der Waals surface area contributed by atoms with Gasteiger partial charge in [0.2, 0.25) is 5.91 Å². The number of carbonyl (C=O) groups is 3. The van der Waals surface area contributed by atoms with E-state index in [4.69, 9.17) is 14.2 Å². The van der Waals surface area contributed by atoms with E-state index in [1.807, 2.05) is 30.3 Å². The van der Waals surface area contributed by atoms with Crippen LogP contribution in [0.5, 0.6) is 17.2 Å². The molecule has 3 aromatic rings. The summed E-state index contributed by atoms with van der Waals surface area (Å²) in [4.78, 5) is 45.0. The molecule has 3 atom stereocenters. The van der Waals surface area contributed by atoms with E-state index < -0.39 is 23.8 Å². The molecule has 1 aliphatic carbocycles. The van der Waals surface area contributed by atoms with Crippen molar-refractivity contribution in [2.45, 2.75) is 51.3 Å². The van der Waals surface area contributed by atoms with Gasteiger partial charge in [-0.15, -0.1) is 0 Å². The number of hydrogen-bond acceptors (Lipinski definition) is 7. The van der Waals surface area contributed by atoms with E-state index in [-0.39, 0.29) is 30.7 Å². The van der Waals surface area contributed by atoms with Crippen molar-refractivity contribution < 1.29 is 33.7 Å². The summed E-state index contributed by atoms with van der Waals surface area (Å²) in [6.45, 7) is 1.09. The highest BCUT2D eigenvalue weighted by molar-refractivity contribution is 9.10. The molecule has 0 spiro atoms. The van der Waals surface area contributed by atoms with Crippen molar-refractivity contribution in [3.8, 4) is 17.2 Å². The van der Waals surface area contributed by atoms with Crippen LogP contribution in [-0.2, 0) is 33.9 Å². The van der Waals surface area contributed by atoms with Crippen LogP contribution >= 0.6 is 15.9 Å². The summed E-state index contributed by atoms with van der Waals surface area (Å²) in [7, 11) is 3.12. The fourth-order valence-corrected chi connectivity index (χ4v) is 7.61. The number of fused-ring (bicyclic) bond motifs is 2. The van der Waals surface area contributed by atoms with Gasteiger partial charge in [-0.3, -0.25) is 14.4 Å². The van der Waals surface area contributed by atoms with Gasteiger partial charge < -0.3 is 29.1 Å². The number of aromatic hydroxyl groups is 1. The van der Waals surface area contributed by atoms with Gasteiger partial charge in [-0.05, 0) is 60.7 Å². The number of ether oxygens (including phenoxy) is 3. The molecule has 236 valence electrons. The van der Waals surface area contributed by atoms with Crippen molar-refractivity contribution in [1.82, 2.24) is 9.80 Å². The van der Waals surface area contributed by atoms with Gasteiger partial charge in [0.25, 0.3) is 5.91 Å². The zero-order valence-corrected chi connectivity index (χ0v) is 27.0. The lowest BCUT2D eigenvalue weighted by atomic mass is 9.77. The highest BCUT2D eigenvalue weighted by Crippen LogP contribution is 2.43. The van der Waals surface area contributed by atoms with Crippen molar-refractivity contribution in [2.75, 3.05) is 27.3 Å². The SMILES string of the molecule is COc1ccc(COC(=O)[C@H]2CCCC[C@H]2C(=O)N2CCc3c(Br)ccc(O)c3[C@H]2CN2Cc3ccccc3C2=O)c(OC)c1. The van der Waals surface area contributed by atoms with Crippen molar-refractivity contribution in [1.29, 1.82) is 0 Å². The second-order valence-corrected chi connectivity index (χ2v) is 12.7. The first-order valence-corrected chi connectivity index (χ1v) is 16.2. The first-order chi connectivity index (χ1) is 21.8. The van der Waals surface area contributed by atoms with Gasteiger partial charge in [-0.1, -0.05) is 47.0 Å². The molecule has 2 amide bonds. The third-order valence-electron chi connectivity index (χ3n) is 9.41. The highest BCUT2D eigenvalue weighted by atomic mass is 79.9. The van der Waals surface area contributed by atoms with Gasteiger partial charge in [-0.2, -0.15) is 0 Å². The molecule has 1 fully saturated rings. The van der Waals surface area contributed by atoms with Crippen molar-refractivity contribution in [3.63, 3.8) is 0 Å². The fraction of sp³-hybridized carbons (Fsp3) is 0.400. The van der Waals surface area contributed by atoms with Gasteiger partial charge in [0.15, 0.2) is 0 Å². The second kappa shape index (κ2) is 13.1. The second-order valence-electron chi connectivity index (χ2n) is 11.9. The maximum Gasteiger partial charge on any atom is 0.310 e. The Labute approximate surface area is 271 Å². The van der Waals surface area contributed by atoms with Gasteiger partial charge in [-0.25, -0.2) is 0 Å². The number of halogens is 1. The predicted molar refractivity (Wildman–Crippen MR) is 170 cm³/mol. The molecule has 6 rings (SSSR count). The Morgan fingerprint density at radius 2 is 1.78 bits per heavy atom. The molecule has 0 saturated heterocycles. The Hall–Kier alpha value is -4.05. The number of hydrogen-bond donors (Lipinski definition) is 1. The molecule has 1 N–H and O–H groups in total. The number of amides is 2. The number of benzene rings is 3. The van der Waals surface area contributed by atoms with Crippen LogP contribution in [0.2, 0.25) is 0 Å². The molecule has 3 aromatic carbocycles. The molecule has 9 nitrogen and oxygen atoms in total. The topological polar surface area (TPSA) is 106 Å². The van der Waals surface area contributed by atoms with Crippen LogP contribution < -0.4 is 9.47 Å². The van der Waals surface area contributed by atoms with E-state index in [1.54, 1.807) is 48.3 Å². The minimum Gasteiger partial charge on any atom is -0.508 e. The number of phenols is 1. The molecule has 2 heterocycles. The number of methoxy groups -OCH3 is 2. The smallest absolute Gasteiger partial charge is 0.310 e. The Kier molecular flexibility index (Phi) is 9.03. The van der Waals surface area contributed by atoms with Crippen molar-refractivity contribution >= 4 is 33.7 Å². The van der Waals surface area contributed by atoms with Gasteiger partial charge in [0, 0.05) is 46.9 Å². The molecule has 0 aromatic heterocycles. The summed E-state index contributed by atoms with van der Waals surface area (Å²) in [6, 6.07) is 15.7. The number of carbonyl (C=O) groups excluding carboxylic acids is 3. The predicted octanol–water partition coefficient (Wildman–Crippen LogP) is 5.80. The first-order valence-electron chi connectivity index (χ1n) is 15.4. The lowest BCUT2D eigenvalue weighted by Crippen LogP contribution is -2.50. The van der Waals surface area contributed by atoms with E-state index in [9.17, 15) is 19.5 Å². The Balaban J connectivity index is 1.25. The minimum atomic E-state index is -0.591. The molecular weight excluding hydrogens is 640 g/mol. The van der Waals surface area contributed by atoms with E-state index >= 15 is 0 Å². The van der Waals surface area contributed by atoms with Crippen LogP contribution in [0.3, 0.4) is 0 Å². The quantitative estimate of drug-likeness (QED) is 0.301. The first kappa shape index (κ1) is 31.0. The summed E-state index contributed by atoms with van der Waals surface area (Å²) < 4.78 is 17.4. The van der Waals surface area contributed by atoms with Crippen LogP contribution in [0.1, 0.15) is 64.3 Å². The van der Waals surface area contributed by atoms with Gasteiger partial charge >= 0.3 is 5.97 Å². The molecule has 10 heteroatoms. The Morgan fingerprint density at radius 1 is 1.00 bits per heavy atom. The van der Waals surface area contributed by atoms with Crippen molar-refractivity contribution in [2.24, 2.45) is 11.8 Å². The summed E-state index contributed by atoms with van der Waals surface area (Å²) in [5.41, 5.74) is 3.89. The minimum absolute atomic E-state index is 0.0165. The summed E-state index contributed by atoms with van der Waals surface area (Å²) in [5, 5.41) is 11.1. The molecular formula is C35H37BrN2O7. The standard InChI is InChI=1S/C35H37BrN2O7/c1-43-23-12-11-22(31(17-23)44-2)20-45-35(42)26-10-6-5-9-25(26)34(41)38-16-15-27-28(36)13-14-30(39)32(27)29(38)19-37-18-21-7-3-4-8-24(21)33(37)40/h3-4,7-8,11-14,17,25-26,29,39H,5-6,9-10,15-16,18-20H2,1-2H3/t25-,26+,29-/m1/s1. The highest BCUT2D eigenvalue weighted by Gasteiger charge is 2.44. The van der Waals surface area contributed by atoms with Crippen molar-refractivity contribution in [3.05, 3.63) is 86.9 Å². The fourth-order valence-electron chi connectivity index (χ4n) is 7.07. The molecule has 1 saturated carbocycles. The van der Waals surface area contributed by atoms with Gasteiger partial charge in [0.1, 0.15) is 23.9 Å². The summed E-state index contributed by atoms with van der Waals surface area (Å²) in [6.07, 6.45) is 3.33. The number of nitrogens with zero attached hydrogens (tertiary/aromatic N) is 2. The average Bonchev–Trinajstić information content (AvgIpc) is 3.39. The lowest BCUT2D eigenvalue weighted by Gasteiger charge is -2.42. The number of esters is 1. The van der Waals surface area contributed by atoms with Crippen LogP contribution in [0.25, 0.3) is 0 Å². The van der Waals surface area contributed by atoms with Crippen LogP contribution in [-0.4, -0.2) is 60.0 Å². The maximum atomic E-state index is 14.5. The third kappa shape index (κ3) is 6.00. The summed E-state index contributed by atoms with van der Waals surface area (Å²) >= 11 is 3.64. The number of rotatable bonds is 8. The molecule has 2 aliphatic heterocycles. The van der Waals surface area contributed by atoms with E-state index in [2.05, 4.69) is 15.9 Å². The molecule has 45 heavy (non-hydrogen) atoms. The number of phenolic OH excluding ortho intramolecular Hbond substituents is 1. The third-order valence-corrected chi connectivity index (χ3v) is 10.2. The Morgan fingerprint density at radius 3 is 2.53 bits per heavy atom. The Bertz CT molecular complexity index is 1630. The molecule has 0 unspecified atom stereocenters. The zero-order valence-electron chi connectivity index (χ0n) is 25.5. The van der Waals surface area contributed by atoms with E-state index in [0.717, 1.165) is 28.4 Å². The average molecular weight is 678 g/mol. The molecule has 0 radical (unpaired) electrons. The van der Waals surface area contributed by atoms with Gasteiger partial charge in [0.05, 0.1) is 32.1 Å². The summed E-state index contributed by atoms with van der Waals surface area (Å²) in [5.74, 6) is -0.512. The maximum absolute atomic E-state index is 14.5. The molecule has 3 aliphatic rings. The largest absolute Gasteiger partial charge is 0.508 e. The van der Waals surface area contributed by atoms with E-state index in [1.165, 1.54) is 0 Å². The lowest BCUT2D eigenvalue weighted by molar-refractivity contribution is -0.159. The van der Waals surface area contributed by atoms with Crippen LogP contribution in [0.4, 0.5) is 0 Å². The monoisotopic (exact) mass is 676 g/mol. The van der Waals surface area contributed by atoms with Crippen LogP contribution in [0, 0.1) is 11.8 Å². The zero-order chi connectivity index (χ0) is 31.7. The molecule has 0 bridgehead atoms. The van der Waals surface area contributed by atoms with E-state index in [0.29, 0.717) is 60.5 Å². The normalized spacial score (nSPS) is 20.8. The van der Waals surface area contributed by atoms with Crippen LogP contribution in [0.15, 0.2) is 59.1 Å².